The van der Waals surface area contributed by atoms with Gasteiger partial charge < -0.3 is 24.3 Å². The molecule has 192 valence electrons. The molecule has 0 aliphatic carbocycles. The second kappa shape index (κ2) is 12.4. The topological polar surface area (TPSA) is 77.1 Å². The molecule has 2 aliphatic heterocycles. The van der Waals surface area contributed by atoms with Crippen LogP contribution in [0.3, 0.4) is 0 Å². The second-order valence-corrected chi connectivity index (χ2v) is 10.1. The molecular weight excluding hydrogens is 455 g/mol. The van der Waals surface area contributed by atoms with Crippen LogP contribution in [0, 0.1) is 12.8 Å². The number of esters is 1. The molecule has 0 spiro atoms. The molecule has 1 fully saturated rings. The monoisotopic (exact) mass is 492 g/mol. The summed E-state index contributed by atoms with van der Waals surface area (Å²) in [5.41, 5.74) is 4.51. The molecule has 2 aromatic rings. The molecule has 1 saturated heterocycles. The van der Waals surface area contributed by atoms with Crippen molar-refractivity contribution >= 4 is 24.8 Å². The zero-order valence-corrected chi connectivity index (χ0v) is 21.7. The Morgan fingerprint density at radius 2 is 1.86 bits per heavy atom. The van der Waals surface area contributed by atoms with Crippen LogP contribution in [0.15, 0.2) is 36.4 Å². The number of nitrogens with one attached hydrogen (secondary N) is 1. The molecule has 2 heterocycles. The Bertz CT molecular complexity index is 1050. The molecule has 7 nitrogen and oxygen atoms in total. The summed E-state index contributed by atoms with van der Waals surface area (Å²) in [4.78, 5) is 28.3. The van der Waals surface area contributed by atoms with E-state index in [4.69, 9.17) is 14.1 Å². The molecule has 0 radical (unpaired) electrons. The molecule has 4 rings (SSSR count). The molecule has 0 unspecified atom stereocenters. The van der Waals surface area contributed by atoms with E-state index in [1.54, 1.807) is 6.07 Å². The highest BCUT2D eigenvalue weighted by Gasteiger charge is 2.28. The number of rotatable bonds is 11. The smallest absolute Gasteiger partial charge is 0.329 e. The number of carbonyl (C=O) groups excluding carboxylic acids is 2. The van der Waals surface area contributed by atoms with E-state index >= 15 is 0 Å². The van der Waals surface area contributed by atoms with Crippen LogP contribution < -0.4 is 15.5 Å². The van der Waals surface area contributed by atoms with Gasteiger partial charge in [-0.25, -0.2) is 4.79 Å². The van der Waals surface area contributed by atoms with Gasteiger partial charge in [-0.05, 0) is 85.5 Å². The fraction of sp³-hybridized carbons (Fsp3) is 0.500. The number of benzene rings is 2. The number of ether oxygens (including phenoxy) is 2. The van der Waals surface area contributed by atoms with Crippen LogP contribution >= 0.6 is 0 Å². The minimum Gasteiger partial charge on any atom is -0.494 e. The van der Waals surface area contributed by atoms with Gasteiger partial charge in [-0.3, -0.25) is 4.79 Å². The maximum atomic E-state index is 13.0. The number of carbonyl (C=O) groups is 2. The van der Waals surface area contributed by atoms with Crippen LogP contribution in [-0.4, -0.2) is 56.5 Å². The average molecular weight is 492 g/mol. The first-order valence-electron chi connectivity index (χ1n) is 13.0. The number of hydrogen-bond donors (Lipinski definition) is 1. The summed E-state index contributed by atoms with van der Waals surface area (Å²) in [6.45, 7) is 10.6. The van der Waals surface area contributed by atoms with Crippen LogP contribution in [-0.2, 0) is 27.4 Å². The largest absolute Gasteiger partial charge is 0.494 e. The number of amides is 1. The van der Waals surface area contributed by atoms with Crippen molar-refractivity contribution in [2.24, 2.45) is 5.92 Å². The van der Waals surface area contributed by atoms with Gasteiger partial charge in [0.1, 0.15) is 18.4 Å². The molecule has 36 heavy (non-hydrogen) atoms. The Labute approximate surface area is 214 Å². The van der Waals surface area contributed by atoms with E-state index in [2.05, 4.69) is 10.2 Å². The molecule has 1 atom stereocenters. The Kier molecular flexibility index (Phi) is 9.05. The molecule has 8 heteroatoms. The van der Waals surface area contributed by atoms with Gasteiger partial charge in [0.2, 0.25) is 0 Å². The highest BCUT2D eigenvalue weighted by Crippen LogP contribution is 2.17. The number of hydrogen-bond acceptors (Lipinski definition) is 6. The molecule has 2 aliphatic rings. The minimum atomic E-state index is -0.736. The van der Waals surface area contributed by atoms with E-state index in [-0.39, 0.29) is 18.4 Å². The maximum absolute atomic E-state index is 13.0. The zero-order chi connectivity index (χ0) is 25.5. The van der Waals surface area contributed by atoms with Crippen LogP contribution in [0.2, 0.25) is 0 Å². The predicted molar refractivity (Wildman–Crippen MR) is 141 cm³/mol. The number of fused-ring (bicyclic) bond motifs is 1. The van der Waals surface area contributed by atoms with Crippen molar-refractivity contribution in [2.75, 3.05) is 26.2 Å². The SMILES string of the molecule is Cc1c(C(=O)N[C@H](C(=O)OCc2ccc(OCCCN3CCCC3)cc2)C(C)C)ccc2c1BOC2. The van der Waals surface area contributed by atoms with Crippen molar-refractivity contribution in [3.05, 3.63) is 58.7 Å². The third kappa shape index (κ3) is 6.68. The van der Waals surface area contributed by atoms with E-state index in [0.717, 1.165) is 40.9 Å². The molecular formula is C28H37BN2O5. The lowest BCUT2D eigenvalue weighted by molar-refractivity contribution is -0.148. The van der Waals surface area contributed by atoms with Crippen molar-refractivity contribution < 1.29 is 23.7 Å². The Morgan fingerprint density at radius 3 is 2.58 bits per heavy atom. The Balaban J connectivity index is 1.25. The summed E-state index contributed by atoms with van der Waals surface area (Å²) in [7, 11) is 0.514. The van der Waals surface area contributed by atoms with Crippen LogP contribution in [0.1, 0.15) is 60.2 Å². The lowest BCUT2D eigenvalue weighted by Gasteiger charge is -2.22. The first-order chi connectivity index (χ1) is 17.4. The Hall–Kier alpha value is -2.84. The standard InChI is InChI=1S/C28H37BN2O5/c1-19(2)26(30-27(32)24-12-9-22-18-36-29-25(22)20(24)3)28(33)35-17-21-7-10-23(11-8-21)34-16-6-15-31-13-4-5-14-31/h7-12,19,26,29H,4-6,13-18H2,1-3H3,(H,30,32)/t26-/m0/s1. The van der Waals surface area contributed by atoms with E-state index in [9.17, 15) is 9.59 Å². The highest BCUT2D eigenvalue weighted by atomic mass is 16.5. The fourth-order valence-electron chi connectivity index (χ4n) is 4.79. The summed E-state index contributed by atoms with van der Waals surface area (Å²) in [5.74, 6) is -0.0170. The van der Waals surface area contributed by atoms with Gasteiger partial charge >= 0.3 is 13.5 Å². The summed E-state index contributed by atoms with van der Waals surface area (Å²) >= 11 is 0. The van der Waals surface area contributed by atoms with Gasteiger partial charge in [-0.2, -0.15) is 0 Å². The van der Waals surface area contributed by atoms with E-state index in [0.29, 0.717) is 26.3 Å². The fourth-order valence-corrected chi connectivity index (χ4v) is 4.79. The van der Waals surface area contributed by atoms with Crippen molar-refractivity contribution in [1.29, 1.82) is 0 Å². The molecule has 0 saturated carbocycles. The molecule has 2 aromatic carbocycles. The van der Waals surface area contributed by atoms with E-state index < -0.39 is 12.0 Å². The first-order valence-corrected chi connectivity index (χ1v) is 13.0. The summed E-state index contributed by atoms with van der Waals surface area (Å²) in [6, 6.07) is 10.6. The lowest BCUT2D eigenvalue weighted by atomic mass is 9.81. The molecule has 1 N–H and O–H groups in total. The molecule has 1 amide bonds. The second-order valence-electron chi connectivity index (χ2n) is 10.1. The van der Waals surface area contributed by atoms with E-state index in [1.807, 2.05) is 51.1 Å². The van der Waals surface area contributed by atoms with Crippen LogP contribution in [0.5, 0.6) is 5.75 Å². The normalized spacial score (nSPS) is 15.9. The third-order valence-corrected chi connectivity index (χ3v) is 7.04. The third-order valence-electron chi connectivity index (χ3n) is 7.04. The van der Waals surface area contributed by atoms with Gasteiger partial charge in [0, 0.05) is 12.1 Å². The first kappa shape index (κ1) is 26.2. The maximum Gasteiger partial charge on any atom is 0.329 e. The predicted octanol–water partition coefficient (Wildman–Crippen LogP) is 2.86. The van der Waals surface area contributed by atoms with Crippen LogP contribution in [0.4, 0.5) is 0 Å². The molecule has 0 bridgehead atoms. The Morgan fingerprint density at radius 1 is 1.11 bits per heavy atom. The van der Waals surface area contributed by atoms with Gasteiger partial charge in [-0.1, -0.05) is 32.0 Å². The van der Waals surface area contributed by atoms with Gasteiger partial charge in [0.25, 0.3) is 5.91 Å². The summed E-state index contributed by atoms with van der Waals surface area (Å²) in [6.07, 6.45) is 3.63. The van der Waals surface area contributed by atoms with Crippen molar-refractivity contribution in [2.45, 2.75) is 59.3 Å². The van der Waals surface area contributed by atoms with Gasteiger partial charge in [0.05, 0.1) is 13.2 Å². The van der Waals surface area contributed by atoms with Gasteiger partial charge in [0.15, 0.2) is 0 Å². The highest BCUT2D eigenvalue weighted by molar-refractivity contribution is 6.49. The number of nitrogens with zero attached hydrogens (tertiary/aromatic N) is 1. The van der Waals surface area contributed by atoms with Crippen molar-refractivity contribution in [3.63, 3.8) is 0 Å². The van der Waals surface area contributed by atoms with Crippen LogP contribution in [0.25, 0.3) is 0 Å². The minimum absolute atomic E-state index is 0.115. The lowest BCUT2D eigenvalue weighted by Crippen LogP contribution is -2.45. The quantitative estimate of drug-likeness (QED) is 0.296. The van der Waals surface area contributed by atoms with E-state index in [1.165, 1.54) is 25.9 Å². The molecule has 0 aromatic heterocycles. The van der Waals surface area contributed by atoms with Gasteiger partial charge in [-0.15, -0.1) is 0 Å². The average Bonchev–Trinajstić information content (AvgIpc) is 3.57. The van der Waals surface area contributed by atoms with Crippen molar-refractivity contribution in [3.8, 4) is 5.75 Å². The zero-order valence-electron chi connectivity index (χ0n) is 21.7. The summed E-state index contributed by atoms with van der Waals surface area (Å²) < 4.78 is 16.9. The van der Waals surface area contributed by atoms with Crippen molar-refractivity contribution in [1.82, 2.24) is 10.2 Å². The summed E-state index contributed by atoms with van der Waals surface area (Å²) in [5, 5.41) is 2.88. The number of likely N-dealkylation sites (tertiary alicyclic amines) is 1.